The molecule has 2 aromatic heterocycles. The number of aliphatic hydroxyl groups excluding tert-OH is 1. The first-order chi connectivity index (χ1) is 13.1. The van der Waals surface area contributed by atoms with Gasteiger partial charge in [0.05, 0.1) is 0 Å². The molecule has 0 saturated carbocycles. The quantitative estimate of drug-likeness (QED) is 0.634. The molecule has 0 aromatic carbocycles. The van der Waals surface area contributed by atoms with Crippen LogP contribution < -0.4 is 16.2 Å². The van der Waals surface area contributed by atoms with Crippen molar-refractivity contribution in [1.82, 2.24) is 15.2 Å². The number of thiophene rings is 1. The maximum Gasteiger partial charge on any atom is 0.263 e. The average molecular weight is 426 g/mol. The molecule has 1 unspecified atom stereocenters. The van der Waals surface area contributed by atoms with E-state index >= 15 is 0 Å². The predicted octanol–water partition coefficient (Wildman–Crippen LogP) is 2.15. The molecule has 1 fully saturated rings. The minimum atomic E-state index is -0.356. The van der Waals surface area contributed by atoms with Crippen LogP contribution in [-0.4, -0.2) is 41.8 Å². The third kappa shape index (κ3) is 5.44. The fourth-order valence-corrected chi connectivity index (χ4v) is 4.35. The molecule has 28 heavy (non-hydrogen) atoms. The Kier molecular flexibility index (Phi) is 8.69. The van der Waals surface area contributed by atoms with Gasteiger partial charge in [-0.3, -0.25) is 9.59 Å². The smallest absolute Gasteiger partial charge is 0.263 e. The zero-order valence-corrected chi connectivity index (χ0v) is 17.7. The van der Waals surface area contributed by atoms with E-state index in [0.717, 1.165) is 25.9 Å². The molecule has 6 nitrogen and oxygen atoms in total. The summed E-state index contributed by atoms with van der Waals surface area (Å²) in [5, 5.41) is 17.8. The van der Waals surface area contributed by atoms with Gasteiger partial charge >= 0.3 is 0 Å². The second-order valence-electron chi connectivity index (χ2n) is 7.11. The molecule has 1 amide bonds. The molecule has 3 N–H and O–H groups in total. The number of halogens is 1. The number of carbonyl (C=O) groups is 1. The number of aromatic nitrogens is 1. The van der Waals surface area contributed by atoms with Crippen LogP contribution in [0, 0.1) is 12.8 Å². The topological polar surface area (TPSA) is 83.4 Å². The van der Waals surface area contributed by atoms with E-state index in [0.29, 0.717) is 18.5 Å². The van der Waals surface area contributed by atoms with Crippen molar-refractivity contribution in [3.05, 3.63) is 56.1 Å². The van der Waals surface area contributed by atoms with Crippen molar-refractivity contribution in [2.24, 2.45) is 5.92 Å². The first kappa shape index (κ1) is 22.6. The maximum atomic E-state index is 12.9. The molecule has 0 radical (unpaired) electrons. The van der Waals surface area contributed by atoms with E-state index in [1.54, 1.807) is 29.0 Å². The van der Waals surface area contributed by atoms with Gasteiger partial charge in [0.2, 0.25) is 0 Å². The summed E-state index contributed by atoms with van der Waals surface area (Å²) >= 11 is 1.64. The van der Waals surface area contributed by atoms with Crippen molar-refractivity contribution < 1.29 is 9.90 Å². The van der Waals surface area contributed by atoms with E-state index < -0.39 is 0 Å². The Balaban J connectivity index is 0.00000280. The highest BCUT2D eigenvalue weighted by Crippen LogP contribution is 2.17. The van der Waals surface area contributed by atoms with Gasteiger partial charge in [-0.05, 0) is 62.4 Å². The Labute approximate surface area is 175 Å². The molecule has 1 aliphatic heterocycles. The highest BCUT2D eigenvalue weighted by molar-refractivity contribution is 7.09. The van der Waals surface area contributed by atoms with Gasteiger partial charge in [0.25, 0.3) is 11.5 Å². The number of carbonyl (C=O) groups excluding carboxylic acids is 1. The molecule has 8 heteroatoms. The first-order valence-electron chi connectivity index (χ1n) is 9.44. The van der Waals surface area contributed by atoms with E-state index in [9.17, 15) is 14.7 Å². The molecule has 3 rings (SSSR count). The van der Waals surface area contributed by atoms with Crippen LogP contribution in [0.15, 0.2) is 34.6 Å². The normalized spacial score (nSPS) is 15.6. The molecule has 0 spiro atoms. The lowest BCUT2D eigenvalue weighted by Crippen LogP contribution is -2.40. The number of pyridine rings is 1. The van der Waals surface area contributed by atoms with Crippen LogP contribution in [0.2, 0.25) is 0 Å². The lowest BCUT2D eigenvalue weighted by molar-refractivity contribution is 0.0937. The van der Waals surface area contributed by atoms with Gasteiger partial charge < -0.3 is 20.3 Å². The Morgan fingerprint density at radius 2 is 2.14 bits per heavy atom. The van der Waals surface area contributed by atoms with Crippen LogP contribution in [-0.2, 0) is 6.42 Å². The van der Waals surface area contributed by atoms with E-state index in [1.807, 2.05) is 23.6 Å². The van der Waals surface area contributed by atoms with Crippen LogP contribution in [0.5, 0.6) is 0 Å². The van der Waals surface area contributed by atoms with Crippen LogP contribution in [0.1, 0.15) is 39.7 Å². The molecule has 1 saturated heterocycles. The Hall–Kier alpha value is -1.67. The van der Waals surface area contributed by atoms with E-state index in [4.69, 9.17) is 0 Å². The summed E-state index contributed by atoms with van der Waals surface area (Å²) in [6, 6.07) is 5.97. The summed E-state index contributed by atoms with van der Waals surface area (Å²) in [4.78, 5) is 26.8. The minimum Gasteiger partial charge on any atom is -0.396 e. The lowest BCUT2D eigenvalue weighted by Gasteiger charge is -2.25. The summed E-state index contributed by atoms with van der Waals surface area (Å²) in [5.41, 5.74) is 0.670. The summed E-state index contributed by atoms with van der Waals surface area (Å²) in [6.45, 7) is 3.89. The molecule has 154 valence electrons. The van der Waals surface area contributed by atoms with Crippen molar-refractivity contribution >= 4 is 29.7 Å². The number of nitrogens with zero attached hydrogens (tertiary/aromatic N) is 1. The Bertz CT molecular complexity index is 817. The monoisotopic (exact) mass is 425 g/mol. The molecule has 1 atom stereocenters. The van der Waals surface area contributed by atoms with E-state index in [2.05, 4.69) is 10.6 Å². The summed E-state index contributed by atoms with van der Waals surface area (Å²) in [5.74, 6) is -0.423. The molecule has 0 aliphatic carbocycles. The predicted molar refractivity (Wildman–Crippen MR) is 115 cm³/mol. The molecular formula is C20H28ClN3O3S. The van der Waals surface area contributed by atoms with Gasteiger partial charge in [-0.1, -0.05) is 6.07 Å². The zero-order valence-electron chi connectivity index (χ0n) is 16.0. The summed E-state index contributed by atoms with van der Waals surface area (Å²) in [7, 11) is 0. The second kappa shape index (κ2) is 10.8. The average Bonchev–Trinajstić information content (AvgIpc) is 3.19. The third-order valence-corrected chi connectivity index (χ3v) is 6.04. The van der Waals surface area contributed by atoms with Crippen molar-refractivity contribution in [1.29, 1.82) is 0 Å². The SMILES string of the molecule is Cc1ccn(C2CCNCC2)c(=O)c1C(=O)NCC(CO)Cc1cccs1.Cl. The third-order valence-electron chi connectivity index (χ3n) is 5.14. The van der Waals surface area contributed by atoms with Crippen molar-refractivity contribution in [3.8, 4) is 0 Å². The fraction of sp³-hybridized carbons (Fsp3) is 0.500. The van der Waals surface area contributed by atoms with Crippen molar-refractivity contribution in [2.75, 3.05) is 26.2 Å². The van der Waals surface area contributed by atoms with Gasteiger partial charge in [-0.2, -0.15) is 0 Å². The highest BCUT2D eigenvalue weighted by Gasteiger charge is 2.22. The molecular weight excluding hydrogens is 398 g/mol. The minimum absolute atomic E-state index is 0. The van der Waals surface area contributed by atoms with E-state index in [1.165, 1.54) is 4.88 Å². The molecule has 3 heterocycles. The molecule has 0 bridgehead atoms. The number of hydrogen-bond donors (Lipinski definition) is 3. The Morgan fingerprint density at radius 3 is 2.79 bits per heavy atom. The van der Waals surface area contributed by atoms with Crippen LogP contribution in [0.3, 0.4) is 0 Å². The first-order valence-corrected chi connectivity index (χ1v) is 10.3. The van der Waals surface area contributed by atoms with Crippen LogP contribution >= 0.6 is 23.7 Å². The van der Waals surface area contributed by atoms with Gasteiger partial charge in [-0.25, -0.2) is 0 Å². The largest absolute Gasteiger partial charge is 0.396 e. The van der Waals surface area contributed by atoms with Gasteiger partial charge in [0.1, 0.15) is 5.56 Å². The summed E-state index contributed by atoms with van der Waals surface area (Å²) in [6.07, 6.45) is 4.29. The van der Waals surface area contributed by atoms with Gasteiger partial charge in [0.15, 0.2) is 0 Å². The van der Waals surface area contributed by atoms with Gasteiger partial charge in [-0.15, -0.1) is 23.7 Å². The maximum absolute atomic E-state index is 12.9. The zero-order chi connectivity index (χ0) is 19.2. The number of aryl methyl sites for hydroxylation is 1. The van der Waals surface area contributed by atoms with Crippen molar-refractivity contribution in [2.45, 2.75) is 32.2 Å². The number of rotatable bonds is 7. The van der Waals surface area contributed by atoms with Crippen LogP contribution in [0.4, 0.5) is 0 Å². The number of amides is 1. The number of hydrogen-bond acceptors (Lipinski definition) is 5. The van der Waals surface area contributed by atoms with Crippen LogP contribution in [0.25, 0.3) is 0 Å². The van der Waals surface area contributed by atoms with Crippen molar-refractivity contribution in [3.63, 3.8) is 0 Å². The van der Waals surface area contributed by atoms with Gasteiger partial charge in [0, 0.05) is 36.2 Å². The number of piperidine rings is 1. The fourth-order valence-electron chi connectivity index (χ4n) is 3.53. The number of aliphatic hydroxyl groups is 1. The van der Waals surface area contributed by atoms with E-state index in [-0.39, 0.29) is 48.0 Å². The Morgan fingerprint density at radius 1 is 1.39 bits per heavy atom. The highest BCUT2D eigenvalue weighted by atomic mass is 35.5. The summed E-state index contributed by atoms with van der Waals surface area (Å²) < 4.78 is 1.71. The molecule has 1 aliphatic rings. The molecule has 2 aromatic rings. The standard InChI is InChI=1S/C20H27N3O3S.ClH/c1-14-6-9-23(16-4-7-21-8-5-16)20(26)18(14)19(25)22-12-15(13-24)11-17-3-2-10-27-17;/h2-3,6,9-10,15-16,21,24H,4-5,7-8,11-13H2,1H3,(H,22,25);1H. The lowest BCUT2D eigenvalue weighted by atomic mass is 10.0. The second-order valence-corrected chi connectivity index (χ2v) is 8.14. The number of nitrogens with one attached hydrogen (secondary N) is 2.